The number of pyridine rings is 2. The first-order valence-corrected chi connectivity index (χ1v) is 13.1. The molecule has 1 aliphatic heterocycles. The van der Waals surface area contributed by atoms with E-state index in [-0.39, 0.29) is 29.5 Å². The summed E-state index contributed by atoms with van der Waals surface area (Å²) in [5, 5.41) is 14.1. The molecule has 6 rings (SSSR count). The number of halogens is 1. The van der Waals surface area contributed by atoms with Crippen molar-refractivity contribution in [3.05, 3.63) is 87.9 Å². The maximum atomic E-state index is 13.8. The number of benzene rings is 1. The Hall–Kier alpha value is -4.03. The van der Waals surface area contributed by atoms with Gasteiger partial charge in [-0.05, 0) is 56.5 Å². The van der Waals surface area contributed by atoms with Crippen LogP contribution < -0.4 is 10.5 Å². The number of nitriles is 1. The van der Waals surface area contributed by atoms with Crippen LogP contribution in [0.2, 0.25) is 0 Å². The van der Waals surface area contributed by atoms with E-state index in [1.807, 2.05) is 18.3 Å². The van der Waals surface area contributed by atoms with E-state index in [2.05, 4.69) is 50.7 Å². The Bertz CT molecular complexity index is 1600. The molecule has 2 aliphatic rings. The van der Waals surface area contributed by atoms with E-state index in [4.69, 9.17) is 0 Å². The molecule has 194 valence electrons. The highest BCUT2D eigenvalue weighted by Crippen LogP contribution is 2.38. The highest BCUT2D eigenvalue weighted by atomic mass is 19.1. The van der Waals surface area contributed by atoms with Crippen molar-refractivity contribution >= 4 is 16.7 Å². The Labute approximate surface area is 220 Å². The van der Waals surface area contributed by atoms with Crippen LogP contribution in [-0.2, 0) is 7.05 Å². The fourth-order valence-electron chi connectivity index (χ4n) is 5.69. The molecule has 4 heterocycles. The minimum Gasteiger partial charge on any atom is -0.364 e. The van der Waals surface area contributed by atoms with Gasteiger partial charge in [-0.3, -0.25) is 14.4 Å². The zero-order valence-electron chi connectivity index (χ0n) is 21.8. The Morgan fingerprint density at radius 2 is 1.82 bits per heavy atom. The molecule has 0 N–H and O–H groups in total. The molecule has 1 saturated carbocycles. The van der Waals surface area contributed by atoms with Crippen molar-refractivity contribution < 1.29 is 4.39 Å². The summed E-state index contributed by atoms with van der Waals surface area (Å²) in [5.41, 5.74) is 4.42. The van der Waals surface area contributed by atoms with Crippen LogP contribution >= 0.6 is 0 Å². The van der Waals surface area contributed by atoms with Crippen molar-refractivity contribution in [2.24, 2.45) is 7.05 Å². The molecule has 3 atom stereocenters. The molecular weight excluding hydrogens is 481 g/mol. The van der Waals surface area contributed by atoms with Gasteiger partial charge in [-0.2, -0.15) is 10.4 Å². The molecular formula is C29H30FN7O. The van der Waals surface area contributed by atoms with Gasteiger partial charge < -0.3 is 9.47 Å². The van der Waals surface area contributed by atoms with Crippen molar-refractivity contribution in [3.8, 4) is 6.07 Å². The summed E-state index contributed by atoms with van der Waals surface area (Å²) in [4.78, 5) is 22.1. The summed E-state index contributed by atoms with van der Waals surface area (Å²) in [6, 6.07) is 14.5. The molecule has 1 aromatic carbocycles. The second kappa shape index (κ2) is 9.37. The normalized spacial score (nSPS) is 21.0. The van der Waals surface area contributed by atoms with Crippen LogP contribution in [0.25, 0.3) is 11.0 Å². The lowest BCUT2D eigenvalue weighted by Crippen LogP contribution is -2.57. The van der Waals surface area contributed by atoms with Crippen LogP contribution in [0.4, 0.5) is 10.1 Å². The van der Waals surface area contributed by atoms with E-state index in [0.717, 1.165) is 29.7 Å². The van der Waals surface area contributed by atoms with Crippen LogP contribution in [0.1, 0.15) is 55.6 Å². The number of rotatable bonds is 5. The fourth-order valence-corrected chi connectivity index (χ4v) is 5.69. The monoisotopic (exact) mass is 511 g/mol. The molecule has 38 heavy (non-hydrogen) atoms. The minimum absolute atomic E-state index is 0.0514. The number of piperazine rings is 1. The van der Waals surface area contributed by atoms with Gasteiger partial charge in [0.1, 0.15) is 23.1 Å². The summed E-state index contributed by atoms with van der Waals surface area (Å²) in [6.07, 6.45) is 6.38. The van der Waals surface area contributed by atoms with Crippen molar-refractivity contribution in [1.82, 2.24) is 24.2 Å². The summed E-state index contributed by atoms with van der Waals surface area (Å²) >= 11 is 0. The zero-order chi connectivity index (χ0) is 26.6. The molecule has 8 nitrogen and oxygen atoms in total. The van der Waals surface area contributed by atoms with Gasteiger partial charge in [0.15, 0.2) is 0 Å². The molecule has 0 spiro atoms. The van der Waals surface area contributed by atoms with E-state index < -0.39 is 0 Å². The Kier molecular flexibility index (Phi) is 6.00. The highest BCUT2D eigenvalue weighted by Gasteiger charge is 2.37. The second-order valence-corrected chi connectivity index (χ2v) is 10.6. The van der Waals surface area contributed by atoms with Gasteiger partial charge in [0.25, 0.3) is 5.56 Å². The molecule has 9 heteroatoms. The molecule has 3 aromatic heterocycles. The average Bonchev–Trinajstić information content (AvgIpc) is 3.66. The maximum Gasteiger partial charge on any atom is 0.252 e. The van der Waals surface area contributed by atoms with Crippen LogP contribution in [0.3, 0.4) is 0 Å². The van der Waals surface area contributed by atoms with Crippen LogP contribution in [0, 0.1) is 17.1 Å². The van der Waals surface area contributed by atoms with Crippen LogP contribution in [0.15, 0.2) is 59.7 Å². The number of fused-ring (bicyclic) bond motifs is 1. The van der Waals surface area contributed by atoms with Crippen molar-refractivity contribution in [1.29, 1.82) is 5.26 Å². The SMILES string of the molecule is C[C@@H]1CN(c2cc(=O)n(C)c3ccc(C#N)nc23)[C@@H](C)CN1C(c1ccc(F)cc1)c1cnn(C2CC2)c1. The summed E-state index contributed by atoms with van der Waals surface area (Å²) in [7, 11) is 1.72. The van der Waals surface area contributed by atoms with Crippen molar-refractivity contribution in [3.63, 3.8) is 0 Å². The summed E-state index contributed by atoms with van der Waals surface area (Å²) in [6.45, 7) is 5.70. The quantitative estimate of drug-likeness (QED) is 0.400. The second-order valence-electron chi connectivity index (χ2n) is 10.6. The molecule has 0 radical (unpaired) electrons. The average molecular weight is 512 g/mol. The zero-order valence-corrected chi connectivity index (χ0v) is 21.8. The molecule has 0 bridgehead atoms. The predicted molar refractivity (Wildman–Crippen MR) is 143 cm³/mol. The van der Waals surface area contributed by atoms with E-state index in [1.54, 1.807) is 29.8 Å². The topological polar surface area (TPSA) is 83.0 Å². The first kappa shape index (κ1) is 24.3. The standard InChI is InChI=1S/C29H30FN7O/c1-18-16-36(29(20-4-6-22(30)7-5-20)21-14-32-37(17-21)24-9-10-24)19(2)15-35(18)26-12-27(38)34(3)25-11-8-23(13-31)33-28(25)26/h4-8,11-12,14,17-19,24,29H,9-10,15-16H2,1-3H3/t18-,19+,29?/m0/s1. The Morgan fingerprint density at radius 1 is 1.05 bits per heavy atom. The first-order chi connectivity index (χ1) is 18.3. The van der Waals surface area contributed by atoms with Gasteiger partial charge in [0.2, 0.25) is 0 Å². The predicted octanol–water partition coefficient (Wildman–Crippen LogP) is 4.16. The minimum atomic E-state index is -0.255. The maximum absolute atomic E-state index is 13.8. The molecule has 0 amide bonds. The third-order valence-corrected chi connectivity index (χ3v) is 7.90. The number of hydrogen-bond acceptors (Lipinski definition) is 6. The first-order valence-electron chi connectivity index (χ1n) is 13.1. The Balaban J connectivity index is 1.38. The van der Waals surface area contributed by atoms with Crippen molar-refractivity contribution in [2.45, 2.75) is 50.9 Å². The van der Waals surface area contributed by atoms with Gasteiger partial charge in [0, 0.05) is 50.0 Å². The number of nitrogens with zero attached hydrogens (tertiary/aromatic N) is 7. The smallest absolute Gasteiger partial charge is 0.252 e. The van der Waals surface area contributed by atoms with Crippen molar-refractivity contribution in [2.75, 3.05) is 18.0 Å². The van der Waals surface area contributed by atoms with E-state index in [1.165, 1.54) is 12.1 Å². The number of aryl methyl sites for hydroxylation is 1. The third kappa shape index (κ3) is 4.25. The highest BCUT2D eigenvalue weighted by molar-refractivity contribution is 5.89. The lowest BCUT2D eigenvalue weighted by molar-refractivity contribution is 0.130. The Morgan fingerprint density at radius 3 is 2.53 bits per heavy atom. The van der Waals surface area contributed by atoms with Crippen LogP contribution in [-0.4, -0.2) is 49.4 Å². The number of hydrogen-bond donors (Lipinski definition) is 0. The fraction of sp³-hybridized carbons (Fsp3) is 0.379. The molecule has 1 unspecified atom stereocenters. The van der Waals surface area contributed by atoms with Gasteiger partial charge in [-0.1, -0.05) is 12.1 Å². The largest absolute Gasteiger partial charge is 0.364 e. The lowest BCUT2D eigenvalue weighted by atomic mass is 9.95. The van der Waals surface area contributed by atoms with E-state index >= 15 is 0 Å². The van der Waals surface area contributed by atoms with Gasteiger partial charge >= 0.3 is 0 Å². The molecule has 1 saturated heterocycles. The number of aromatic nitrogens is 4. The van der Waals surface area contributed by atoms with E-state index in [0.29, 0.717) is 35.9 Å². The van der Waals surface area contributed by atoms with E-state index in [9.17, 15) is 14.4 Å². The number of anilines is 1. The van der Waals surface area contributed by atoms with Gasteiger partial charge in [-0.15, -0.1) is 0 Å². The lowest BCUT2D eigenvalue weighted by Gasteiger charge is -2.48. The van der Waals surface area contributed by atoms with Crippen LogP contribution in [0.5, 0.6) is 0 Å². The summed E-state index contributed by atoms with van der Waals surface area (Å²) in [5.74, 6) is -0.255. The summed E-state index contributed by atoms with van der Waals surface area (Å²) < 4.78 is 17.5. The molecule has 2 fully saturated rings. The third-order valence-electron chi connectivity index (χ3n) is 7.90. The van der Waals surface area contributed by atoms with Gasteiger partial charge in [0.05, 0.1) is 29.5 Å². The van der Waals surface area contributed by atoms with Gasteiger partial charge in [-0.25, -0.2) is 9.37 Å². The molecule has 4 aromatic rings. The molecule has 1 aliphatic carbocycles.